The highest BCUT2D eigenvalue weighted by Crippen LogP contribution is 2.28. The lowest BCUT2D eigenvalue weighted by atomic mass is 10.0. The number of carbonyl (C=O) groups is 1. The minimum atomic E-state index is -2.79. The molecule has 1 unspecified atom stereocenters. The molecular weight excluding hydrogens is 386 g/mol. The SMILES string of the molecule is Cc1ncccc1C(=O)c1nc(N2CCNC(c3ccccc3)C2)ccc1C(F)F.[HH].[HH]. The average Bonchev–Trinajstić information content (AvgIpc) is 2.79. The van der Waals surface area contributed by atoms with Gasteiger partial charge in [0.1, 0.15) is 11.5 Å². The van der Waals surface area contributed by atoms with Crippen molar-refractivity contribution < 1.29 is 16.4 Å². The second kappa shape index (κ2) is 8.67. The van der Waals surface area contributed by atoms with Gasteiger partial charge < -0.3 is 10.2 Å². The molecule has 1 aliphatic heterocycles. The molecule has 0 radical (unpaired) electrons. The van der Waals surface area contributed by atoms with Crippen molar-refractivity contribution in [3.8, 4) is 0 Å². The van der Waals surface area contributed by atoms with Crippen LogP contribution in [-0.4, -0.2) is 35.4 Å². The topological polar surface area (TPSA) is 58.1 Å². The molecule has 0 saturated carbocycles. The second-order valence-corrected chi connectivity index (χ2v) is 7.24. The van der Waals surface area contributed by atoms with Gasteiger partial charge in [0.05, 0.1) is 0 Å². The van der Waals surface area contributed by atoms with Gasteiger partial charge in [-0.1, -0.05) is 30.3 Å². The number of ketones is 1. The van der Waals surface area contributed by atoms with E-state index < -0.39 is 12.2 Å². The van der Waals surface area contributed by atoms with E-state index in [4.69, 9.17) is 0 Å². The van der Waals surface area contributed by atoms with E-state index in [0.717, 1.165) is 12.1 Å². The Morgan fingerprint density at radius 1 is 1.17 bits per heavy atom. The van der Waals surface area contributed by atoms with Gasteiger partial charge in [0.25, 0.3) is 6.43 Å². The smallest absolute Gasteiger partial charge is 0.266 e. The molecule has 4 rings (SSSR count). The minimum Gasteiger partial charge on any atom is -0.353 e. The molecule has 1 aliphatic rings. The first-order valence-corrected chi connectivity index (χ1v) is 9.83. The zero-order valence-electron chi connectivity index (χ0n) is 16.6. The largest absolute Gasteiger partial charge is 0.353 e. The number of anilines is 1. The maximum atomic E-state index is 13.6. The molecule has 1 fully saturated rings. The lowest BCUT2D eigenvalue weighted by Crippen LogP contribution is -2.46. The van der Waals surface area contributed by atoms with Crippen molar-refractivity contribution in [3.05, 3.63) is 88.9 Å². The fourth-order valence-electron chi connectivity index (χ4n) is 3.71. The highest BCUT2D eigenvalue weighted by Gasteiger charge is 2.26. The number of nitrogens with one attached hydrogen (secondary N) is 1. The lowest BCUT2D eigenvalue weighted by Gasteiger charge is -2.35. The number of aromatic nitrogens is 2. The summed E-state index contributed by atoms with van der Waals surface area (Å²) in [5, 5.41) is 3.47. The van der Waals surface area contributed by atoms with Crippen LogP contribution in [0.3, 0.4) is 0 Å². The van der Waals surface area contributed by atoms with Crippen molar-refractivity contribution in [2.24, 2.45) is 0 Å². The van der Waals surface area contributed by atoms with Crippen LogP contribution in [0.5, 0.6) is 0 Å². The third-order valence-corrected chi connectivity index (χ3v) is 5.31. The predicted octanol–water partition coefficient (Wildman–Crippen LogP) is 4.60. The van der Waals surface area contributed by atoms with Gasteiger partial charge in [0, 0.05) is 51.5 Å². The van der Waals surface area contributed by atoms with Gasteiger partial charge in [0.15, 0.2) is 0 Å². The summed E-state index contributed by atoms with van der Waals surface area (Å²) in [6, 6.07) is 16.2. The lowest BCUT2D eigenvalue weighted by molar-refractivity contribution is 0.101. The van der Waals surface area contributed by atoms with E-state index in [9.17, 15) is 13.6 Å². The molecular formula is C23H26F2N4O. The van der Waals surface area contributed by atoms with E-state index in [2.05, 4.69) is 27.4 Å². The molecule has 30 heavy (non-hydrogen) atoms. The Kier molecular flexibility index (Phi) is 5.81. The molecule has 158 valence electrons. The van der Waals surface area contributed by atoms with Crippen LogP contribution in [0.25, 0.3) is 0 Å². The van der Waals surface area contributed by atoms with Crippen LogP contribution in [-0.2, 0) is 0 Å². The van der Waals surface area contributed by atoms with Gasteiger partial charge in [-0.15, -0.1) is 0 Å². The number of aryl methyl sites for hydroxylation is 1. The van der Waals surface area contributed by atoms with Crippen molar-refractivity contribution in [1.29, 1.82) is 0 Å². The number of halogens is 2. The van der Waals surface area contributed by atoms with Gasteiger partial charge in [0.2, 0.25) is 5.78 Å². The first-order valence-electron chi connectivity index (χ1n) is 9.83. The molecule has 0 aliphatic carbocycles. The molecule has 1 aromatic carbocycles. The Labute approximate surface area is 176 Å². The number of benzene rings is 1. The Bertz CT molecular complexity index is 1050. The molecule has 7 heteroatoms. The van der Waals surface area contributed by atoms with Gasteiger partial charge in [-0.05, 0) is 36.8 Å². The van der Waals surface area contributed by atoms with Crippen molar-refractivity contribution in [1.82, 2.24) is 15.3 Å². The predicted molar refractivity (Wildman–Crippen MR) is 115 cm³/mol. The normalized spacial score (nSPS) is 16.7. The van der Waals surface area contributed by atoms with Gasteiger partial charge in [-0.3, -0.25) is 9.78 Å². The monoisotopic (exact) mass is 412 g/mol. The fraction of sp³-hybridized carbons (Fsp3) is 0.261. The number of nitrogens with zero attached hydrogens (tertiary/aromatic N) is 3. The van der Waals surface area contributed by atoms with Crippen molar-refractivity contribution in [2.75, 3.05) is 24.5 Å². The Morgan fingerprint density at radius 2 is 1.97 bits per heavy atom. The molecule has 1 N–H and O–H groups in total. The molecule has 0 amide bonds. The molecule has 0 spiro atoms. The van der Waals surface area contributed by atoms with Crippen LogP contribution in [0.15, 0.2) is 60.8 Å². The van der Waals surface area contributed by atoms with Crippen molar-refractivity contribution in [2.45, 2.75) is 19.4 Å². The van der Waals surface area contributed by atoms with Crippen molar-refractivity contribution in [3.63, 3.8) is 0 Å². The zero-order valence-corrected chi connectivity index (χ0v) is 16.6. The fourth-order valence-corrected chi connectivity index (χ4v) is 3.71. The van der Waals surface area contributed by atoms with E-state index >= 15 is 0 Å². The molecule has 0 bridgehead atoms. The average molecular weight is 412 g/mol. The van der Waals surface area contributed by atoms with Gasteiger partial charge in [-0.25, -0.2) is 13.8 Å². The van der Waals surface area contributed by atoms with E-state index in [0.29, 0.717) is 24.6 Å². The quantitative estimate of drug-likeness (QED) is 0.621. The van der Waals surface area contributed by atoms with E-state index in [1.54, 1.807) is 31.3 Å². The molecule has 3 heterocycles. The summed E-state index contributed by atoms with van der Waals surface area (Å²) >= 11 is 0. The molecule has 1 atom stereocenters. The first kappa shape index (κ1) is 20.1. The number of rotatable bonds is 5. The third kappa shape index (κ3) is 4.07. The number of hydrogen-bond donors (Lipinski definition) is 1. The van der Waals surface area contributed by atoms with Crippen LogP contribution in [0.2, 0.25) is 0 Å². The first-order chi connectivity index (χ1) is 14.5. The van der Waals surface area contributed by atoms with Crippen LogP contribution >= 0.6 is 0 Å². The van der Waals surface area contributed by atoms with Gasteiger partial charge >= 0.3 is 0 Å². The Morgan fingerprint density at radius 3 is 2.70 bits per heavy atom. The standard InChI is InChI=1S/C23H22F2N4O.2H2/c1-15-17(8-5-11-26-15)22(30)21-18(23(24)25)9-10-20(28-21)29-13-12-27-19(14-29)16-6-3-2-4-7-16;;/h2-11,19,23,27H,12-14H2,1H3;2*1H. The highest BCUT2D eigenvalue weighted by atomic mass is 19.3. The summed E-state index contributed by atoms with van der Waals surface area (Å²) in [4.78, 5) is 23.6. The van der Waals surface area contributed by atoms with Crippen LogP contribution in [0, 0.1) is 6.92 Å². The maximum absolute atomic E-state index is 13.6. The Balaban J connectivity index is 0.00000181. The summed E-state index contributed by atoms with van der Waals surface area (Å²) in [6.07, 6.45) is -1.23. The van der Waals surface area contributed by atoms with Crippen LogP contribution in [0.4, 0.5) is 14.6 Å². The maximum Gasteiger partial charge on any atom is 0.266 e. The van der Waals surface area contributed by atoms with Crippen LogP contribution < -0.4 is 10.2 Å². The number of piperazine rings is 1. The van der Waals surface area contributed by atoms with Crippen LogP contribution in [0.1, 0.15) is 48.2 Å². The summed E-state index contributed by atoms with van der Waals surface area (Å²) in [7, 11) is 0. The zero-order chi connectivity index (χ0) is 21.1. The van der Waals surface area contributed by atoms with E-state index in [-0.39, 0.29) is 25.7 Å². The number of carbonyl (C=O) groups excluding carboxylic acids is 1. The summed E-state index contributed by atoms with van der Waals surface area (Å²) in [5.41, 5.74) is 1.34. The molecule has 5 nitrogen and oxygen atoms in total. The van der Waals surface area contributed by atoms with E-state index in [1.165, 1.54) is 6.07 Å². The van der Waals surface area contributed by atoms with E-state index in [1.807, 2.05) is 23.1 Å². The number of alkyl halides is 2. The summed E-state index contributed by atoms with van der Waals surface area (Å²) < 4.78 is 27.3. The summed E-state index contributed by atoms with van der Waals surface area (Å²) in [5.74, 6) is -0.0146. The molecule has 3 aromatic rings. The van der Waals surface area contributed by atoms with Gasteiger partial charge in [-0.2, -0.15) is 0 Å². The minimum absolute atomic E-state index is 0. The van der Waals surface area contributed by atoms with Crippen molar-refractivity contribution >= 4 is 11.6 Å². The second-order valence-electron chi connectivity index (χ2n) is 7.24. The third-order valence-electron chi connectivity index (χ3n) is 5.31. The highest BCUT2D eigenvalue weighted by molar-refractivity contribution is 6.09. The molecule has 1 saturated heterocycles. The molecule has 2 aromatic heterocycles. The number of pyridine rings is 2. The Hall–Kier alpha value is -3.19. The number of hydrogen-bond acceptors (Lipinski definition) is 5. The summed E-state index contributed by atoms with van der Waals surface area (Å²) in [6.45, 7) is 3.71.